The molecule has 1 aliphatic rings. The molecule has 0 N–H and O–H groups in total. The van der Waals surface area contributed by atoms with E-state index in [1.165, 1.54) is 161 Å². The number of unbranched alkanes of at least 4 members (excludes halogenated alkanes) is 17. The lowest BCUT2D eigenvalue weighted by Crippen LogP contribution is -2.53. The van der Waals surface area contributed by atoms with Crippen molar-refractivity contribution in [3.05, 3.63) is 0 Å². The average molecular weight is 548 g/mol. The van der Waals surface area contributed by atoms with Gasteiger partial charge in [0.25, 0.3) is 0 Å². The summed E-state index contributed by atoms with van der Waals surface area (Å²) in [6.07, 6.45) is 33.4. The summed E-state index contributed by atoms with van der Waals surface area (Å²) in [7, 11) is 6.50. The number of nitrogens with zero attached hydrogens (tertiary/aromatic N) is 1. The van der Waals surface area contributed by atoms with Gasteiger partial charge in [0.05, 0.1) is 6.10 Å². The van der Waals surface area contributed by atoms with Crippen molar-refractivity contribution >= 4 is 7.85 Å². The molecule has 0 amide bonds. The van der Waals surface area contributed by atoms with Crippen LogP contribution < -0.4 is 0 Å². The van der Waals surface area contributed by atoms with E-state index in [4.69, 9.17) is 17.3 Å². The van der Waals surface area contributed by atoms with Crippen molar-refractivity contribution in [1.29, 1.82) is 0 Å². The second-order valence-electron chi connectivity index (χ2n) is 12.6. The predicted octanol–water partition coefficient (Wildman–Crippen LogP) is 10.7. The van der Waals surface area contributed by atoms with Crippen molar-refractivity contribution in [2.45, 2.75) is 213 Å². The van der Waals surface area contributed by atoms with Crippen LogP contribution in [0.2, 0.25) is 0 Å². The fraction of sp³-hybridized carbons (Fsp3) is 1.00. The van der Waals surface area contributed by atoms with Crippen molar-refractivity contribution in [2.75, 3.05) is 13.1 Å². The van der Waals surface area contributed by atoms with Gasteiger partial charge in [0.15, 0.2) is 6.29 Å². The third-order valence-corrected chi connectivity index (χ3v) is 8.78. The van der Waals surface area contributed by atoms with Crippen molar-refractivity contribution in [3.8, 4) is 0 Å². The molecule has 1 heterocycles. The minimum Gasteiger partial charge on any atom is -0.357 e. The molecule has 1 saturated heterocycles. The molecule has 0 aromatic rings. The summed E-state index contributed by atoms with van der Waals surface area (Å²) in [5, 5.41) is 0. The molecule has 3 nitrogen and oxygen atoms in total. The minimum atomic E-state index is -0.231. The van der Waals surface area contributed by atoms with Gasteiger partial charge in [-0.2, -0.15) is 0 Å². The van der Waals surface area contributed by atoms with Crippen molar-refractivity contribution in [2.24, 2.45) is 0 Å². The molecule has 3 unspecified atom stereocenters. The molecule has 230 valence electrons. The summed E-state index contributed by atoms with van der Waals surface area (Å²) in [4.78, 5) is 2.65. The Labute approximate surface area is 247 Å². The van der Waals surface area contributed by atoms with Gasteiger partial charge in [-0.15, -0.1) is 0 Å². The topological polar surface area (TPSA) is 21.7 Å². The van der Waals surface area contributed by atoms with Gasteiger partial charge in [0.1, 0.15) is 7.85 Å². The van der Waals surface area contributed by atoms with Gasteiger partial charge in [0, 0.05) is 25.1 Å². The first-order valence-electron chi connectivity index (χ1n) is 17.9. The Bertz CT molecular complexity index is 491. The number of hydrogen-bond donors (Lipinski definition) is 0. The smallest absolute Gasteiger partial charge is 0.169 e. The van der Waals surface area contributed by atoms with Gasteiger partial charge in [-0.1, -0.05) is 163 Å². The highest BCUT2D eigenvalue weighted by Gasteiger charge is 2.31. The normalized spacial score (nSPS) is 19.2. The van der Waals surface area contributed by atoms with Crippen LogP contribution >= 0.6 is 0 Å². The maximum atomic E-state index is 6.75. The second kappa shape index (κ2) is 26.8. The highest BCUT2D eigenvalue weighted by Crippen LogP contribution is 2.25. The highest BCUT2D eigenvalue weighted by molar-refractivity contribution is 6.11. The molecule has 0 aromatic heterocycles. The van der Waals surface area contributed by atoms with Crippen LogP contribution in [0, 0.1) is 0 Å². The molecule has 0 aliphatic carbocycles. The maximum absolute atomic E-state index is 6.75. The average Bonchev–Trinajstić information content (AvgIpc) is 2.93. The van der Waals surface area contributed by atoms with E-state index in [-0.39, 0.29) is 12.3 Å². The first-order chi connectivity index (χ1) is 19.1. The van der Waals surface area contributed by atoms with Crippen LogP contribution in [0.25, 0.3) is 0 Å². The molecule has 0 spiro atoms. The quantitative estimate of drug-likeness (QED) is 0.0718. The van der Waals surface area contributed by atoms with Crippen LogP contribution in [0.1, 0.15) is 188 Å². The molecule has 0 bridgehead atoms. The Hall–Kier alpha value is -0.0551. The van der Waals surface area contributed by atoms with Gasteiger partial charge in [0.2, 0.25) is 0 Å². The molecule has 1 fully saturated rings. The zero-order valence-electron chi connectivity index (χ0n) is 27.2. The SMILES string of the molecule is [B]C1CN(C(CCCCCCC)CCCCCCC)CC(OC(CCCCCCC)CCCCCCCC)O1. The molecule has 1 aliphatic heterocycles. The molecule has 3 atom stereocenters. The summed E-state index contributed by atoms with van der Waals surface area (Å²) < 4.78 is 13.0. The Balaban J connectivity index is 2.67. The van der Waals surface area contributed by atoms with Crippen molar-refractivity contribution in [3.63, 3.8) is 0 Å². The standard InChI is InChI=1S/C35H70BNO2/c1-5-9-13-17-21-25-29-33(28-24-20-16-12-8-4)38-35-31-37(30-34(36)39-35)32(26-22-18-14-10-6-2)27-23-19-15-11-7-3/h32-35H,5-31H2,1-4H3. The van der Waals surface area contributed by atoms with Crippen LogP contribution in [-0.2, 0) is 9.47 Å². The van der Waals surface area contributed by atoms with Gasteiger partial charge in [-0.25, -0.2) is 0 Å². The Kier molecular flexibility index (Phi) is 25.4. The van der Waals surface area contributed by atoms with E-state index in [0.717, 1.165) is 13.1 Å². The summed E-state index contributed by atoms with van der Waals surface area (Å²) in [6.45, 7) is 10.9. The summed E-state index contributed by atoms with van der Waals surface area (Å²) in [5.41, 5.74) is 0. The van der Waals surface area contributed by atoms with Crippen LogP contribution in [0.5, 0.6) is 0 Å². The Morgan fingerprint density at radius 3 is 1.38 bits per heavy atom. The molecule has 2 radical (unpaired) electrons. The molecule has 0 aromatic carbocycles. The van der Waals surface area contributed by atoms with Crippen LogP contribution in [0.3, 0.4) is 0 Å². The lowest BCUT2D eigenvalue weighted by atomic mass is 9.94. The van der Waals surface area contributed by atoms with E-state index in [1.54, 1.807) is 0 Å². The second-order valence-corrected chi connectivity index (χ2v) is 12.6. The predicted molar refractivity (Wildman–Crippen MR) is 173 cm³/mol. The fourth-order valence-electron chi connectivity index (χ4n) is 6.25. The molecule has 39 heavy (non-hydrogen) atoms. The molecular weight excluding hydrogens is 477 g/mol. The van der Waals surface area contributed by atoms with E-state index >= 15 is 0 Å². The molecule has 0 saturated carbocycles. The highest BCUT2D eigenvalue weighted by atomic mass is 16.7. The van der Waals surface area contributed by atoms with Gasteiger partial charge >= 0.3 is 0 Å². The summed E-state index contributed by atoms with van der Waals surface area (Å²) in [6, 6.07) is 0.394. The van der Waals surface area contributed by atoms with Crippen molar-refractivity contribution < 1.29 is 9.47 Å². The van der Waals surface area contributed by atoms with E-state index in [2.05, 4.69) is 32.6 Å². The lowest BCUT2D eigenvalue weighted by Gasteiger charge is -2.42. The van der Waals surface area contributed by atoms with E-state index in [0.29, 0.717) is 12.1 Å². The number of morpholine rings is 1. The molecule has 1 rings (SSSR count). The summed E-state index contributed by atoms with van der Waals surface area (Å²) >= 11 is 0. The fourth-order valence-corrected chi connectivity index (χ4v) is 6.25. The van der Waals surface area contributed by atoms with Gasteiger partial charge in [-0.05, 0) is 25.7 Å². The van der Waals surface area contributed by atoms with E-state index in [1.807, 2.05) is 0 Å². The summed E-state index contributed by atoms with van der Waals surface area (Å²) in [5.74, 6) is 0. The van der Waals surface area contributed by atoms with Gasteiger partial charge in [-0.3, -0.25) is 4.90 Å². The largest absolute Gasteiger partial charge is 0.357 e. The van der Waals surface area contributed by atoms with Crippen molar-refractivity contribution in [1.82, 2.24) is 4.90 Å². The third-order valence-electron chi connectivity index (χ3n) is 8.78. The number of ether oxygens (including phenoxy) is 2. The Morgan fingerprint density at radius 1 is 0.564 bits per heavy atom. The monoisotopic (exact) mass is 548 g/mol. The lowest BCUT2D eigenvalue weighted by molar-refractivity contribution is -0.219. The molecular formula is C35H70BNO2. The Morgan fingerprint density at radius 2 is 0.949 bits per heavy atom. The first kappa shape index (κ1) is 37.0. The zero-order chi connectivity index (χ0) is 28.4. The number of hydrogen-bond acceptors (Lipinski definition) is 3. The third kappa shape index (κ3) is 20.5. The van der Waals surface area contributed by atoms with E-state index < -0.39 is 0 Å². The molecule has 4 heteroatoms. The first-order valence-corrected chi connectivity index (χ1v) is 17.9. The van der Waals surface area contributed by atoms with Crippen LogP contribution in [0.15, 0.2) is 0 Å². The minimum absolute atomic E-state index is 0.169. The van der Waals surface area contributed by atoms with E-state index in [9.17, 15) is 0 Å². The maximum Gasteiger partial charge on any atom is 0.169 e. The van der Waals surface area contributed by atoms with Crippen LogP contribution in [0.4, 0.5) is 0 Å². The number of rotatable bonds is 28. The van der Waals surface area contributed by atoms with Crippen LogP contribution in [-0.4, -0.2) is 50.3 Å². The zero-order valence-corrected chi connectivity index (χ0v) is 27.2. The van der Waals surface area contributed by atoms with Gasteiger partial charge < -0.3 is 9.47 Å².